The number of carbonyl (C=O) groups is 1. The quantitative estimate of drug-likeness (QED) is 0.608. The molecule has 3 aromatic rings. The standard InChI is InChI=1S/C26H32N4O/c1-17-6-9-23-24(12-17)29-26(28-23)25-15-19(10-11-30(25)21-4-3-5-21)13-22(31)14-20-8-7-18(2)27-16-20/h6-9,12,16,19,21,25H,3-5,10-11,13-15H2,1-2H3,(H,28,29)/t19-,25+/m0/s1. The van der Waals surface area contributed by atoms with Crippen LogP contribution in [0.25, 0.3) is 11.0 Å². The number of Topliss-reactive ketones (excluding diaryl/α,β-unsaturated/α-hetero) is 1. The number of rotatable bonds is 6. The van der Waals surface area contributed by atoms with Crippen molar-refractivity contribution in [3.63, 3.8) is 0 Å². The van der Waals surface area contributed by atoms with E-state index in [1.165, 1.54) is 24.8 Å². The molecule has 31 heavy (non-hydrogen) atoms. The summed E-state index contributed by atoms with van der Waals surface area (Å²) in [6.07, 6.45) is 9.01. The van der Waals surface area contributed by atoms with Crippen molar-refractivity contribution in [2.45, 2.75) is 70.9 Å². The first kappa shape index (κ1) is 20.4. The second kappa shape index (κ2) is 8.54. The number of nitrogens with zero attached hydrogens (tertiary/aromatic N) is 3. The molecule has 2 atom stereocenters. The fourth-order valence-corrected chi connectivity index (χ4v) is 5.19. The number of piperidine rings is 1. The molecule has 1 aromatic carbocycles. The highest BCUT2D eigenvalue weighted by Gasteiger charge is 2.38. The van der Waals surface area contributed by atoms with Crippen LogP contribution in [0.5, 0.6) is 0 Å². The fourth-order valence-electron chi connectivity index (χ4n) is 5.19. The summed E-state index contributed by atoms with van der Waals surface area (Å²) in [7, 11) is 0. The van der Waals surface area contributed by atoms with Crippen LogP contribution in [0, 0.1) is 19.8 Å². The number of aromatic amines is 1. The normalized spacial score (nSPS) is 22.5. The van der Waals surface area contributed by atoms with Crippen LogP contribution in [-0.4, -0.2) is 38.2 Å². The van der Waals surface area contributed by atoms with E-state index in [0.717, 1.165) is 47.5 Å². The topological polar surface area (TPSA) is 61.9 Å². The largest absolute Gasteiger partial charge is 0.341 e. The molecular weight excluding hydrogens is 384 g/mol. The molecule has 1 aliphatic carbocycles. The van der Waals surface area contributed by atoms with Gasteiger partial charge in [0.2, 0.25) is 0 Å². The zero-order valence-corrected chi connectivity index (χ0v) is 18.6. The number of H-pyrrole nitrogens is 1. The Kier molecular flexibility index (Phi) is 5.61. The van der Waals surface area contributed by atoms with E-state index < -0.39 is 0 Å². The second-order valence-corrected chi connectivity index (χ2v) is 9.60. The third kappa shape index (κ3) is 4.42. The molecule has 1 N–H and O–H groups in total. The lowest BCUT2D eigenvalue weighted by Crippen LogP contribution is -2.47. The van der Waals surface area contributed by atoms with Gasteiger partial charge in [0.15, 0.2) is 0 Å². The molecule has 2 fully saturated rings. The van der Waals surface area contributed by atoms with Crippen molar-refractivity contribution in [2.24, 2.45) is 5.92 Å². The highest BCUT2D eigenvalue weighted by atomic mass is 16.1. The van der Waals surface area contributed by atoms with Crippen LogP contribution >= 0.6 is 0 Å². The molecule has 5 nitrogen and oxygen atoms in total. The van der Waals surface area contributed by atoms with Crippen molar-refractivity contribution in [3.05, 3.63) is 59.2 Å². The molecule has 2 aromatic heterocycles. The Balaban J connectivity index is 1.31. The molecule has 1 saturated carbocycles. The van der Waals surface area contributed by atoms with Crippen LogP contribution in [-0.2, 0) is 11.2 Å². The van der Waals surface area contributed by atoms with E-state index in [4.69, 9.17) is 4.98 Å². The Morgan fingerprint density at radius 2 is 2.03 bits per heavy atom. The predicted octanol–water partition coefficient (Wildman–Crippen LogP) is 5.08. The Morgan fingerprint density at radius 3 is 2.77 bits per heavy atom. The monoisotopic (exact) mass is 416 g/mol. The lowest BCUT2D eigenvalue weighted by molar-refractivity contribution is -0.120. The molecule has 2 aliphatic rings. The van der Waals surface area contributed by atoms with Gasteiger partial charge in [-0.25, -0.2) is 4.98 Å². The van der Waals surface area contributed by atoms with Gasteiger partial charge in [-0.3, -0.25) is 14.7 Å². The van der Waals surface area contributed by atoms with Gasteiger partial charge in [0.1, 0.15) is 11.6 Å². The number of benzene rings is 1. The van der Waals surface area contributed by atoms with Crippen LogP contribution < -0.4 is 0 Å². The van der Waals surface area contributed by atoms with E-state index in [1.807, 2.05) is 25.3 Å². The first-order chi connectivity index (χ1) is 15.0. The van der Waals surface area contributed by atoms with E-state index in [2.05, 4.69) is 40.0 Å². The highest BCUT2D eigenvalue weighted by molar-refractivity contribution is 5.81. The summed E-state index contributed by atoms with van der Waals surface area (Å²) in [6.45, 7) is 5.16. The third-order valence-corrected chi connectivity index (χ3v) is 7.16. The summed E-state index contributed by atoms with van der Waals surface area (Å²) in [5.41, 5.74) is 5.42. The van der Waals surface area contributed by atoms with Crippen LogP contribution in [0.4, 0.5) is 0 Å². The molecule has 5 rings (SSSR count). The molecular formula is C26H32N4O. The van der Waals surface area contributed by atoms with Gasteiger partial charge in [-0.2, -0.15) is 0 Å². The molecule has 0 spiro atoms. The van der Waals surface area contributed by atoms with Crippen molar-refractivity contribution in [1.29, 1.82) is 0 Å². The molecule has 1 aliphatic heterocycles. The van der Waals surface area contributed by atoms with Crippen LogP contribution in [0.3, 0.4) is 0 Å². The van der Waals surface area contributed by atoms with E-state index in [0.29, 0.717) is 30.6 Å². The minimum Gasteiger partial charge on any atom is -0.341 e. The molecule has 3 heterocycles. The number of carbonyl (C=O) groups excluding carboxylic acids is 1. The SMILES string of the molecule is Cc1ccc2nc([C@H]3C[C@H](CC(=O)Cc4ccc(C)nc4)CCN3C3CCC3)[nH]c2c1. The smallest absolute Gasteiger partial charge is 0.137 e. The molecule has 162 valence electrons. The summed E-state index contributed by atoms with van der Waals surface area (Å²) >= 11 is 0. The average Bonchev–Trinajstić information content (AvgIpc) is 3.12. The zero-order chi connectivity index (χ0) is 21.4. The van der Waals surface area contributed by atoms with Crippen molar-refractivity contribution in [1.82, 2.24) is 19.9 Å². The Bertz CT molecular complexity index is 1070. The summed E-state index contributed by atoms with van der Waals surface area (Å²) < 4.78 is 0. The van der Waals surface area contributed by atoms with Gasteiger partial charge in [0.05, 0.1) is 17.1 Å². The summed E-state index contributed by atoms with van der Waals surface area (Å²) in [4.78, 5) is 28.4. The van der Waals surface area contributed by atoms with E-state index in [-0.39, 0.29) is 6.04 Å². The Hall–Kier alpha value is -2.53. The van der Waals surface area contributed by atoms with Crippen LogP contribution in [0.1, 0.15) is 67.2 Å². The van der Waals surface area contributed by atoms with Crippen molar-refractivity contribution < 1.29 is 4.79 Å². The van der Waals surface area contributed by atoms with Gasteiger partial charge in [0, 0.05) is 30.8 Å². The molecule has 1 saturated heterocycles. The molecule has 0 radical (unpaired) electrons. The molecule has 5 heteroatoms. The number of fused-ring (bicyclic) bond motifs is 1. The number of likely N-dealkylation sites (tertiary alicyclic amines) is 1. The molecule has 0 bridgehead atoms. The van der Waals surface area contributed by atoms with Crippen molar-refractivity contribution >= 4 is 16.8 Å². The van der Waals surface area contributed by atoms with E-state index in [1.54, 1.807) is 0 Å². The first-order valence-electron chi connectivity index (χ1n) is 11.7. The van der Waals surface area contributed by atoms with Gasteiger partial charge >= 0.3 is 0 Å². The fraction of sp³-hybridized carbons (Fsp3) is 0.500. The predicted molar refractivity (Wildman–Crippen MR) is 123 cm³/mol. The van der Waals surface area contributed by atoms with Gasteiger partial charge in [-0.1, -0.05) is 18.6 Å². The molecule has 0 amide bonds. The van der Waals surface area contributed by atoms with Gasteiger partial charge < -0.3 is 4.98 Å². The number of aryl methyl sites for hydroxylation is 2. The Labute approximate surface area is 184 Å². The maximum Gasteiger partial charge on any atom is 0.137 e. The van der Waals surface area contributed by atoms with Crippen molar-refractivity contribution in [2.75, 3.05) is 6.54 Å². The third-order valence-electron chi connectivity index (χ3n) is 7.16. The molecule has 0 unspecified atom stereocenters. The van der Waals surface area contributed by atoms with Gasteiger partial charge in [0.25, 0.3) is 0 Å². The minimum atomic E-state index is 0.283. The number of pyridine rings is 1. The van der Waals surface area contributed by atoms with Gasteiger partial charge in [-0.15, -0.1) is 0 Å². The van der Waals surface area contributed by atoms with E-state index in [9.17, 15) is 4.79 Å². The Morgan fingerprint density at radius 1 is 1.16 bits per heavy atom. The number of aromatic nitrogens is 3. The number of ketones is 1. The maximum atomic E-state index is 12.8. The van der Waals surface area contributed by atoms with E-state index >= 15 is 0 Å². The number of imidazole rings is 1. The summed E-state index contributed by atoms with van der Waals surface area (Å²) in [6, 6.07) is 11.4. The number of hydrogen-bond donors (Lipinski definition) is 1. The number of nitrogens with one attached hydrogen (secondary N) is 1. The number of hydrogen-bond acceptors (Lipinski definition) is 4. The lowest BCUT2D eigenvalue weighted by Gasteiger charge is -2.46. The second-order valence-electron chi connectivity index (χ2n) is 9.60. The minimum absolute atomic E-state index is 0.283. The first-order valence-corrected chi connectivity index (χ1v) is 11.7. The highest BCUT2D eigenvalue weighted by Crippen LogP contribution is 2.40. The average molecular weight is 417 g/mol. The van der Waals surface area contributed by atoms with Crippen molar-refractivity contribution in [3.8, 4) is 0 Å². The summed E-state index contributed by atoms with van der Waals surface area (Å²) in [5, 5.41) is 0. The zero-order valence-electron chi connectivity index (χ0n) is 18.6. The maximum absolute atomic E-state index is 12.8. The van der Waals surface area contributed by atoms with Gasteiger partial charge in [-0.05, 0) is 81.3 Å². The van der Waals surface area contributed by atoms with Crippen LogP contribution in [0.15, 0.2) is 36.5 Å². The lowest BCUT2D eigenvalue weighted by atomic mass is 9.82. The summed E-state index contributed by atoms with van der Waals surface area (Å²) in [5.74, 6) is 1.82. The van der Waals surface area contributed by atoms with Crippen LogP contribution in [0.2, 0.25) is 0 Å².